The topological polar surface area (TPSA) is 331 Å². The molecule has 1 atom stereocenters. The predicted molar refractivity (Wildman–Crippen MR) is 411 cm³/mol. The Morgan fingerprint density at radius 1 is 0.578 bits per heavy atom. The standard InChI is InChI=1S/C27H31FN6O4.C26H27FN6O4.C21H19FN6O2.C4H9F3Si.Mn.2O/c1-15-11-22(32(6)31-15)18-12-29-25(33-14-21(16(2)35)30-24(18)33)34(26(36)38-27(3,4)5)13-19-17-9-10-37-23(17)8-7-20(19)28;1-15-10-21(31(5)30-15)18-11-28-24(32-12-16(14-34)29-23(18)32)33(25(35)37-26(2,3)4)13-19-17-8-9-36-22(17)7-6-20(19)27;1-12-7-18(27(2)26-12)16-9-24-21(28-10-13(11-29)25-20(16)28)23-8-15-14-5-6-30-19(14)4-3-17(15)22;1-8(2,3)4(5,6)7;;;/h7-8,11-12,14,16,35H,9-10,13H2,1-6H3;6-7,10-12,14H,8-9,13H2,1-5H3;3-4,7,9-11H,5-6,8H2,1-2H3,(H,23,24);1-3H3;;;. The molecule has 15 rings (SSSR count). The van der Waals surface area contributed by atoms with Crippen LogP contribution >= 0.6 is 0 Å². The molecule has 12 heterocycles. The van der Waals surface area contributed by atoms with Gasteiger partial charge in [0, 0.05) is 118 Å². The summed E-state index contributed by atoms with van der Waals surface area (Å²) in [4.78, 5) is 80.0. The fourth-order valence-corrected chi connectivity index (χ4v) is 13.0. The molecule has 38 heteroatoms. The molecule has 0 bridgehead atoms. The molecule has 3 aliphatic rings. The normalized spacial score (nSPS) is 13.1. The van der Waals surface area contributed by atoms with Crippen LogP contribution in [0.3, 0.4) is 0 Å². The Morgan fingerprint density at radius 3 is 1.28 bits per heavy atom. The van der Waals surface area contributed by atoms with Gasteiger partial charge in [0.05, 0.1) is 95.6 Å². The Labute approximate surface area is 668 Å². The number of ether oxygens (including phenoxy) is 5. The SMILES string of the molecule is C[Si](C)(C)C(F)(F)F.Cc1cc(-c2cnc(N(Cc3c(F)ccc4c3CCO4)C(=O)OC(C)(C)C)n3cc(C(C)O)nc23)n(C)n1.Cc1cc(-c2cnc(N(Cc3c(F)ccc4c3CCO4)C(=O)OC(C)(C)C)n3cc(C=O)nc23)n(C)n1.Cc1cc(-c2cnc(NCc3c(F)ccc4c3CCO4)n3cc(C=O)nc23)n(C)n1.[O]=[Mn]=[O]. The third kappa shape index (κ3) is 18.7. The first-order valence-electron chi connectivity index (χ1n) is 36.5. The maximum absolute atomic E-state index is 15.2. The molecule has 12 aromatic rings. The van der Waals surface area contributed by atoms with E-state index in [0.717, 1.165) is 51.0 Å². The van der Waals surface area contributed by atoms with Crippen molar-refractivity contribution in [1.82, 2.24) is 72.4 Å². The van der Waals surface area contributed by atoms with Crippen LogP contribution in [0.2, 0.25) is 19.6 Å². The first kappa shape index (κ1) is 85.0. The summed E-state index contributed by atoms with van der Waals surface area (Å²) in [5.41, 5.74) is 11.0. The number of aromatic nitrogens is 15. The van der Waals surface area contributed by atoms with Crippen molar-refractivity contribution in [1.29, 1.82) is 0 Å². The number of carbonyl (C=O) groups excluding carboxylic acids is 4. The number of alkyl halides is 3. The molecule has 613 valence electrons. The molecule has 3 aliphatic heterocycles. The number of hydrogen-bond donors (Lipinski definition) is 2. The predicted octanol–water partition coefficient (Wildman–Crippen LogP) is 13.9. The van der Waals surface area contributed by atoms with E-state index in [1.165, 1.54) is 53.8 Å². The summed E-state index contributed by atoms with van der Waals surface area (Å²) in [5, 5.41) is 26.7. The van der Waals surface area contributed by atoms with Gasteiger partial charge in [0.2, 0.25) is 17.8 Å². The number of aldehydes is 2. The van der Waals surface area contributed by atoms with Crippen LogP contribution in [0.1, 0.15) is 132 Å². The summed E-state index contributed by atoms with van der Waals surface area (Å²) in [6, 6.07) is 14.6. The molecule has 30 nitrogen and oxygen atoms in total. The molecule has 9 aromatic heterocycles. The molecule has 116 heavy (non-hydrogen) atoms. The number of halogens is 6. The van der Waals surface area contributed by atoms with Crippen LogP contribution in [-0.2, 0) is 92.0 Å². The molecule has 0 saturated heterocycles. The summed E-state index contributed by atoms with van der Waals surface area (Å²) in [7, 11) is 2.60. The zero-order chi connectivity index (χ0) is 84.4. The van der Waals surface area contributed by atoms with E-state index in [1.807, 2.05) is 53.1 Å². The van der Waals surface area contributed by atoms with Gasteiger partial charge in [-0.1, -0.05) is 19.6 Å². The van der Waals surface area contributed by atoms with E-state index in [1.54, 1.807) is 132 Å². The molecule has 3 aromatic carbocycles. The van der Waals surface area contributed by atoms with Crippen molar-refractivity contribution in [3.05, 3.63) is 177 Å². The number of benzene rings is 3. The van der Waals surface area contributed by atoms with Gasteiger partial charge < -0.3 is 34.1 Å². The number of aryl methyl sites for hydroxylation is 6. The van der Waals surface area contributed by atoms with Gasteiger partial charge in [-0.2, -0.15) is 28.5 Å². The van der Waals surface area contributed by atoms with Gasteiger partial charge in [0.1, 0.15) is 57.3 Å². The average Bonchev–Trinajstić information content (AvgIpc) is 1.58. The Morgan fingerprint density at radius 2 is 0.922 bits per heavy atom. The first-order valence-corrected chi connectivity index (χ1v) is 40.9. The maximum atomic E-state index is 15.2. The summed E-state index contributed by atoms with van der Waals surface area (Å²) < 4.78 is 135. The number of carbonyl (C=O) groups is 4. The fourth-order valence-electron chi connectivity index (χ4n) is 13.0. The van der Waals surface area contributed by atoms with Crippen LogP contribution in [0, 0.1) is 38.2 Å². The zero-order valence-corrected chi connectivity index (χ0v) is 68.6. The number of hydrogen-bond acceptors (Lipinski definition) is 22. The van der Waals surface area contributed by atoms with Crippen LogP contribution < -0.4 is 29.3 Å². The van der Waals surface area contributed by atoms with Crippen molar-refractivity contribution in [2.75, 3.05) is 34.9 Å². The number of imidazole rings is 3. The summed E-state index contributed by atoms with van der Waals surface area (Å²) in [5.74, 6) is -2.45. The van der Waals surface area contributed by atoms with E-state index in [0.29, 0.717) is 131 Å². The quantitative estimate of drug-likeness (QED) is 0.0547. The second-order valence-corrected chi connectivity index (χ2v) is 35.7. The molecule has 1 unspecified atom stereocenters. The fraction of sp³-hybridized carbons (Fsp3) is 0.372. The molecule has 0 fully saturated rings. The second kappa shape index (κ2) is 34.3. The number of aliphatic hydroxyl groups is 1. The van der Waals surface area contributed by atoms with Gasteiger partial charge in [-0.25, -0.2) is 62.5 Å². The minimum atomic E-state index is -3.92. The zero-order valence-electron chi connectivity index (χ0n) is 66.4. The van der Waals surface area contributed by atoms with Crippen molar-refractivity contribution in [3.63, 3.8) is 0 Å². The Balaban J connectivity index is 0.000000161. The number of amides is 2. The van der Waals surface area contributed by atoms with Crippen LogP contribution in [0.15, 0.2) is 91.8 Å². The van der Waals surface area contributed by atoms with Gasteiger partial charge in [0.25, 0.3) is 0 Å². The summed E-state index contributed by atoms with van der Waals surface area (Å²) in [6.07, 6.45) is 10.3. The number of nitrogens with one attached hydrogen (secondary N) is 1. The third-order valence-electron chi connectivity index (χ3n) is 18.4. The van der Waals surface area contributed by atoms with Crippen LogP contribution in [-0.4, -0.2) is 147 Å². The summed E-state index contributed by atoms with van der Waals surface area (Å²) >= 11 is -1.44. The number of anilines is 3. The Hall–Kier alpha value is -11.9. The van der Waals surface area contributed by atoms with E-state index in [-0.39, 0.29) is 48.7 Å². The van der Waals surface area contributed by atoms with E-state index in [9.17, 15) is 41.8 Å². The molecule has 0 spiro atoms. The van der Waals surface area contributed by atoms with Crippen LogP contribution in [0.5, 0.6) is 17.2 Å². The average molecular weight is 1660 g/mol. The molecule has 0 radical (unpaired) electrons. The minimum absolute atomic E-state index is 0.128. The van der Waals surface area contributed by atoms with Gasteiger partial charge in [-0.15, -0.1) is 0 Å². The number of fused-ring (bicyclic) bond motifs is 6. The van der Waals surface area contributed by atoms with E-state index in [4.69, 9.17) is 31.4 Å². The van der Waals surface area contributed by atoms with Crippen LogP contribution in [0.25, 0.3) is 50.7 Å². The second-order valence-electron chi connectivity index (χ2n) is 30.4. The molecule has 2 N–H and O–H groups in total. The van der Waals surface area contributed by atoms with Crippen molar-refractivity contribution < 1.29 is 96.8 Å². The summed E-state index contributed by atoms with van der Waals surface area (Å²) in [6.45, 7) is 23.0. The monoisotopic (exact) mass is 1660 g/mol. The van der Waals surface area contributed by atoms with Gasteiger partial charge in [0.15, 0.2) is 37.6 Å². The number of nitrogens with zero attached hydrogens (tertiary/aromatic N) is 17. The Kier molecular flexibility index (Phi) is 25.1. The first-order chi connectivity index (χ1) is 54.7. The van der Waals surface area contributed by atoms with Gasteiger partial charge in [-0.3, -0.25) is 36.8 Å². The van der Waals surface area contributed by atoms with Crippen molar-refractivity contribution >= 4 is 67.6 Å². The van der Waals surface area contributed by atoms with E-state index in [2.05, 4.69) is 50.5 Å². The van der Waals surface area contributed by atoms with Crippen molar-refractivity contribution in [2.24, 2.45) is 21.1 Å². The van der Waals surface area contributed by atoms with E-state index >= 15 is 8.78 Å². The Bertz CT molecular complexity index is 5760. The molecular weight excluding hydrogens is 1580 g/mol. The van der Waals surface area contributed by atoms with Crippen LogP contribution in [0.4, 0.5) is 53.8 Å². The number of aliphatic hydroxyl groups excluding tert-OH is 1. The van der Waals surface area contributed by atoms with Crippen molar-refractivity contribution in [2.45, 2.75) is 151 Å². The molecular formula is C78H86F6MnN18O12Si. The molecule has 2 amide bonds. The third-order valence-corrected chi connectivity index (χ3v) is 20.1. The molecule has 0 saturated carbocycles. The van der Waals surface area contributed by atoms with Crippen molar-refractivity contribution in [3.8, 4) is 51.0 Å². The van der Waals surface area contributed by atoms with E-state index < -0.39 is 69.8 Å². The number of rotatable bonds is 15. The van der Waals surface area contributed by atoms with Gasteiger partial charge in [-0.05, 0) is 124 Å². The molecule has 0 aliphatic carbocycles. The van der Waals surface area contributed by atoms with Gasteiger partial charge >= 0.3 is 40.5 Å².